The van der Waals surface area contributed by atoms with Crippen molar-refractivity contribution in [3.8, 4) is 0 Å². The number of nitro benzene ring substituents is 2. The van der Waals surface area contributed by atoms with Gasteiger partial charge in [0.05, 0.1) is 21.5 Å². The highest BCUT2D eigenvalue weighted by Crippen LogP contribution is 2.22. The molecule has 0 unspecified atom stereocenters. The van der Waals surface area contributed by atoms with Gasteiger partial charge in [-0.25, -0.2) is 5.43 Å². The molecular formula is C23H36N4O5. The minimum Gasteiger partial charge on any atom is -0.267 e. The first-order chi connectivity index (χ1) is 15.5. The summed E-state index contributed by atoms with van der Waals surface area (Å²) in [4.78, 5) is 32.3. The van der Waals surface area contributed by atoms with Crippen LogP contribution in [0.25, 0.3) is 0 Å². The van der Waals surface area contributed by atoms with E-state index in [-0.39, 0.29) is 5.56 Å². The van der Waals surface area contributed by atoms with Crippen LogP contribution >= 0.6 is 0 Å². The number of nitrogens with zero attached hydrogens (tertiary/aromatic N) is 3. The molecule has 0 fully saturated rings. The summed E-state index contributed by atoms with van der Waals surface area (Å²) in [7, 11) is 0. The first-order valence-electron chi connectivity index (χ1n) is 11.7. The maximum absolute atomic E-state index is 12.1. The average molecular weight is 449 g/mol. The fourth-order valence-corrected chi connectivity index (χ4v) is 3.42. The van der Waals surface area contributed by atoms with Crippen LogP contribution in [-0.4, -0.2) is 22.0 Å². The van der Waals surface area contributed by atoms with Crippen LogP contribution in [0.4, 0.5) is 11.4 Å². The summed E-state index contributed by atoms with van der Waals surface area (Å²) in [6.07, 6.45) is 18.9. The first-order valence-corrected chi connectivity index (χ1v) is 11.7. The van der Waals surface area contributed by atoms with E-state index in [0.29, 0.717) is 6.42 Å². The molecule has 0 bridgehead atoms. The third kappa shape index (κ3) is 12.1. The predicted molar refractivity (Wildman–Crippen MR) is 126 cm³/mol. The highest BCUT2D eigenvalue weighted by atomic mass is 16.6. The zero-order valence-electron chi connectivity index (χ0n) is 19.1. The fraction of sp³-hybridized carbons (Fsp3) is 0.652. The molecule has 0 heterocycles. The van der Waals surface area contributed by atoms with E-state index < -0.39 is 27.1 Å². The second-order valence-electron chi connectivity index (χ2n) is 8.04. The molecule has 0 aliphatic rings. The molecule has 1 amide bonds. The lowest BCUT2D eigenvalue weighted by molar-refractivity contribution is -0.394. The van der Waals surface area contributed by atoms with Gasteiger partial charge < -0.3 is 0 Å². The number of hydrazone groups is 1. The highest BCUT2D eigenvalue weighted by Gasteiger charge is 2.19. The molecule has 1 N–H and O–H groups in total. The standard InChI is InChI=1S/C23H36N4O5/c1-2-3-4-5-6-7-8-9-10-11-12-13-14-15-16-24-25-23(28)20-17-21(26(29)30)19-22(18-20)27(31)32/h16-19H,2-15H2,1H3,(H,25,28)/b24-16-. The molecule has 0 atom stereocenters. The van der Waals surface area contributed by atoms with Crippen LogP contribution in [0.15, 0.2) is 23.3 Å². The summed E-state index contributed by atoms with van der Waals surface area (Å²) in [6, 6.07) is 2.79. The largest absolute Gasteiger partial charge is 0.277 e. The lowest BCUT2D eigenvalue weighted by Crippen LogP contribution is -2.17. The van der Waals surface area contributed by atoms with Crippen LogP contribution in [0.3, 0.4) is 0 Å². The minimum absolute atomic E-state index is 0.177. The number of unbranched alkanes of at least 4 members (excludes halogenated alkanes) is 13. The maximum Gasteiger partial charge on any atom is 0.277 e. The van der Waals surface area contributed by atoms with E-state index in [4.69, 9.17) is 0 Å². The number of carbonyl (C=O) groups excluding carboxylic acids is 1. The van der Waals surface area contributed by atoms with Crippen LogP contribution in [0.1, 0.15) is 107 Å². The molecule has 1 aromatic carbocycles. The first kappa shape index (κ1) is 27.2. The van der Waals surface area contributed by atoms with Gasteiger partial charge in [0.1, 0.15) is 0 Å². The van der Waals surface area contributed by atoms with Gasteiger partial charge in [-0.15, -0.1) is 0 Å². The number of nitro groups is 2. The Kier molecular flexibility index (Phi) is 14.3. The second kappa shape index (κ2) is 16.8. The van der Waals surface area contributed by atoms with Crippen molar-refractivity contribution < 1.29 is 14.6 Å². The molecule has 0 saturated heterocycles. The third-order valence-corrected chi connectivity index (χ3v) is 5.28. The van der Waals surface area contributed by atoms with Gasteiger partial charge >= 0.3 is 0 Å². The molecule has 9 nitrogen and oxygen atoms in total. The number of benzene rings is 1. The molecule has 0 radical (unpaired) electrons. The van der Waals surface area contributed by atoms with Crippen LogP contribution in [0, 0.1) is 20.2 Å². The summed E-state index contributed by atoms with van der Waals surface area (Å²) < 4.78 is 0. The normalized spacial score (nSPS) is 11.0. The van der Waals surface area contributed by atoms with Crippen molar-refractivity contribution in [3.63, 3.8) is 0 Å². The Balaban J connectivity index is 2.13. The molecule has 0 spiro atoms. The number of non-ortho nitro benzene ring substituents is 2. The summed E-state index contributed by atoms with van der Waals surface area (Å²) in [5.74, 6) is -0.724. The van der Waals surface area contributed by atoms with Gasteiger partial charge in [0, 0.05) is 18.3 Å². The van der Waals surface area contributed by atoms with E-state index in [1.54, 1.807) is 6.21 Å². The lowest BCUT2D eigenvalue weighted by Gasteiger charge is -2.02. The van der Waals surface area contributed by atoms with Gasteiger partial charge in [0.15, 0.2) is 0 Å². The van der Waals surface area contributed by atoms with Gasteiger partial charge in [-0.2, -0.15) is 5.10 Å². The Bertz CT molecular complexity index is 720. The number of hydrogen-bond acceptors (Lipinski definition) is 6. The maximum atomic E-state index is 12.1. The Hall–Kier alpha value is -2.84. The molecule has 1 aromatic rings. The summed E-state index contributed by atoms with van der Waals surface area (Å²) >= 11 is 0. The third-order valence-electron chi connectivity index (χ3n) is 5.28. The Labute approximate surface area is 190 Å². The second-order valence-corrected chi connectivity index (χ2v) is 8.04. The van der Waals surface area contributed by atoms with Crippen molar-refractivity contribution in [2.24, 2.45) is 5.10 Å². The molecule has 9 heteroatoms. The van der Waals surface area contributed by atoms with Crippen molar-refractivity contribution in [1.29, 1.82) is 0 Å². The number of hydrogen-bond donors (Lipinski definition) is 1. The monoisotopic (exact) mass is 448 g/mol. The molecule has 0 saturated carbocycles. The Morgan fingerprint density at radius 2 is 1.25 bits per heavy atom. The Morgan fingerprint density at radius 1 is 0.812 bits per heavy atom. The van der Waals surface area contributed by atoms with E-state index in [9.17, 15) is 25.0 Å². The number of rotatable bonds is 18. The molecular weight excluding hydrogens is 412 g/mol. The van der Waals surface area contributed by atoms with E-state index >= 15 is 0 Å². The van der Waals surface area contributed by atoms with Crippen LogP contribution in [0.2, 0.25) is 0 Å². The summed E-state index contributed by atoms with van der Waals surface area (Å²) in [5, 5.41) is 25.6. The predicted octanol–water partition coefficient (Wildman–Crippen LogP) is 6.70. The average Bonchev–Trinajstić information content (AvgIpc) is 2.78. The lowest BCUT2D eigenvalue weighted by atomic mass is 10.0. The topological polar surface area (TPSA) is 128 Å². The van der Waals surface area contributed by atoms with Crippen molar-refractivity contribution in [3.05, 3.63) is 44.0 Å². The number of amides is 1. The van der Waals surface area contributed by atoms with Crippen LogP contribution < -0.4 is 5.43 Å². The van der Waals surface area contributed by atoms with Crippen molar-refractivity contribution in [1.82, 2.24) is 5.43 Å². The molecule has 32 heavy (non-hydrogen) atoms. The molecule has 0 aliphatic carbocycles. The van der Waals surface area contributed by atoms with Gasteiger partial charge in [0.25, 0.3) is 17.3 Å². The molecule has 0 aliphatic heterocycles. The zero-order valence-corrected chi connectivity index (χ0v) is 19.1. The minimum atomic E-state index is -0.776. The summed E-state index contributed by atoms with van der Waals surface area (Å²) in [5.41, 5.74) is 1.06. The zero-order chi connectivity index (χ0) is 23.6. The van der Waals surface area contributed by atoms with Crippen molar-refractivity contribution >= 4 is 23.5 Å². The smallest absolute Gasteiger partial charge is 0.267 e. The van der Waals surface area contributed by atoms with E-state index in [1.807, 2.05) is 0 Å². The number of carbonyl (C=O) groups is 1. The Morgan fingerprint density at radius 3 is 1.69 bits per heavy atom. The van der Waals surface area contributed by atoms with Gasteiger partial charge in [0.2, 0.25) is 0 Å². The molecule has 178 valence electrons. The van der Waals surface area contributed by atoms with Crippen LogP contribution in [0.5, 0.6) is 0 Å². The quantitative estimate of drug-likeness (QED) is 0.116. The summed E-state index contributed by atoms with van der Waals surface area (Å²) in [6.45, 7) is 2.24. The molecule has 1 rings (SSSR count). The van der Waals surface area contributed by atoms with Gasteiger partial charge in [-0.05, 0) is 12.8 Å². The number of nitrogens with one attached hydrogen (secondary N) is 1. The fourth-order valence-electron chi connectivity index (χ4n) is 3.42. The van der Waals surface area contributed by atoms with Gasteiger partial charge in [-0.3, -0.25) is 25.0 Å². The molecule has 0 aromatic heterocycles. The SMILES string of the molecule is CCCCCCCCCCCCCCC/C=N\NC(=O)c1cc([N+](=O)[O-])cc([N+](=O)[O-])c1. The van der Waals surface area contributed by atoms with E-state index in [0.717, 1.165) is 31.0 Å². The highest BCUT2D eigenvalue weighted by molar-refractivity contribution is 5.95. The van der Waals surface area contributed by atoms with Crippen molar-refractivity contribution in [2.75, 3.05) is 0 Å². The van der Waals surface area contributed by atoms with E-state index in [2.05, 4.69) is 17.5 Å². The van der Waals surface area contributed by atoms with Crippen LogP contribution in [-0.2, 0) is 0 Å². The van der Waals surface area contributed by atoms with E-state index in [1.165, 1.54) is 70.6 Å². The van der Waals surface area contributed by atoms with Crippen molar-refractivity contribution in [2.45, 2.75) is 96.8 Å². The van der Waals surface area contributed by atoms with Gasteiger partial charge in [-0.1, -0.05) is 84.0 Å².